The second-order valence-corrected chi connectivity index (χ2v) is 29.1. The van der Waals surface area contributed by atoms with E-state index in [1.165, 1.54) is 32.3 Å². The number of alkyl halides is 3. The van der Waals surface area contributed by atoms with Gasteiger partial charge in [0, 0.05) is 149 Å². The van der Waals surface area contributed by atoms with Crippen molar-refractivity contribution in [1.82, 2.24) is 55.2 Å². The molecule has 5 amide bonds. The van der Waals surface area contributed by atoms with Crippen LogP contribution in [0.15, 0.2) is 75.5 Å². The number of unbranched alkanes of at least 4 members (excludes halogenated alkanes) is 9. The molecule has 4 aromatic rings. The zero-order valence-corrected chi connectivity index (χ0v) is 70.7. The summed E-state index contributed by atoms with van der Waals surface area (Å²) in [6.45, 7) is 6.41. The zero-order valence-electron chi connectivity index (χ0n) is 68.5. The van der Waals surface area contributed by atoms with Crippen LogP contribution in [0.2, 0.25) is 0 Å². The molecular formula is C80H123Cl3N14O24. The Morgan fingerprint density at radius 2 is 0.744 bits per heavy atom. The Labute approximate surface area is 718 Å². The minimum Gasteiger partial charge on any atom is -0.445 e. The molecule has 3 saturated heterocycles. The van der Waals surface area contributed by atoms with E-state index in [4.69, 9.17) is 99.4 Å². The lowest BCUT2D eigenvalue weighted by Crippen LogP contribution is -2.29. The zero-order chi connectivity index (χ0) is 87.8. The van der Waals surface area contributed by atoms with Gasteiger partial charge < -0.3 is 122 Å². The smallest absolute Gasteiger partial charge is 0.407 e. The van der Waals surface area contributed by atoms with E-state index in [1.54, 1.807) is 60.7 Å². The van der Waals surface area contributed by atoms with Crippen LogP contribution in [0, 0.1) is 0 Å². The topological polar surface area (TPSA) is 542 Å². The molecule has 0 bridgehead atoms. The van der Waals surface area contributed by atoms with Gasteiger partial charge in [-0.05, 0) is 75.3 Å². The maximum absolute atomic E-state index is 12.5. The molecule has 0 radical (unpaired) electrons. The van der Waals surface area contributed by atoms with Gasteiger partial charge in [0.05, 0.1) is 97.6 Å². The van der Waals surface area contributed by atoms with Crippen LogP contribution < -0.4 is 60.9 Å². The number of nitrogens with two attached hydrogens (primary N) is 3. The van der Waals surface area contributed by atoms with Crippen molar-refractivity contribution in [2.24, 2.45) is 0 Å². The first-order chi connectivity index (χ1) is 58.6. The number of carbonyl (C=O) groups is 5. The van der Waals surface area contributed by atoms with Gasteiger partial charge in [-0.15, -0.1) is 34.8 Å². The lowest BCUT2D eigenvalue weighted by atomic mass is 10.1. The average molecular weight is 1770 g/mol. The summed E-state index contributed by atoms with van der Waals surface area (Å²) in [5, 5.41) is 71.2. The highest BCUT2D eigenvalue weighted by molar-refractivity contribution is 6.18. The monoisotopic (exact) mass is 1770 g/mol. The number of hydrogen-bond acceptors (Lipinski definition) is 30. The Balaban J connectivity index is 0.000000325. The number of benzene rings is 1. The normalized spacial score (nSPS) is 18.8. The van der Waals surface area contributed by atoms with Gasteiger partial charge >= 0.3 is 23.2 Å². The molecule has 3 aliphatic rings. The fourth-order valence-corrected chi connectivity index (χ4v) is 12.5. The summed E-state index contributed by atoms with van der Waals surface area (Å²) in [5.41, 5.74) is 17.7. The van der Waals surface area contributed by atoms with E-state index in [9.17, 15) is 69.0 Å². The summed E-state index contributed by atoms with van der Waals surface area (Å²) < 4.78 is 58.0. The number of alkyl carbamates (subject to hydrolysis) is 1. The number of carbonyl (C=O) groups excluding carboxylic acids is 5. The van der Waals surface area contributed by atoms with Crippen LogP contribution in [-0.4, -0.2) is 282 Å². The van der Waals surface area contributed by atoms with Gasteiger partial charge in [0.2, 0.25) is 11.8 Å². The number of rotatable bonds is 57. The molecule has 121 heavy (non-hydrogen) atoms. The van der Waals surface area contributed by atoms with Crippen LogP contribution in [0.1, 0.15) is 172 Å². The molecule has 41 heteroatoms. The highest BCUT2D eigenvalue weighted by atomic mass is 35.5. The van der Waals surface area contributed by atoms with Gasteiger partial charge in [-0.2, -0.15) is 15.0 Å². The van der Waals surface area contributed by atoms with E-state index in [1.807, 2.05) is 0 Å². The molecule has 7 rings (SSSR count). The van der Waals surface area contributed by atoms with Gasteiger partial charge in [0.15, 0.2) is 0 Å². The number of aliphatic hydroxyl groups excluding tert-OH is 6. The minimum absolute atomic E-state index is 0.000601. The summed E-state index contributed by atoms with van der Waals surface area (Å²) >= 11 is 16.9. The van der Waals surface area contributed by atoms with Gasteiger partial charge in [-0.25, -0.2) is 19.2 Å². The van der Waals surface area contributed by atoms with Crippen molar-refractivity contribution in [3.63, 3.8) is 0 Å². The maximum atomic E-state index is 12.5. The third kappa shape index (κ3) is 41.3. The lowest BCUT2D eigenvalue weighted by molar-refractivity contribution is -0.122. The van der Waals surface area contributed by atoms with Crippen LogP contribution in [0.25, 0.3) is 18.2 Å². The minimum atomic E-state index is -0.908. The third-order valence-corrected chi connectivity index (χ3v) is 19.4. The van der Waals surface area contributed by atoms with Crippen molar-refractivity contribution >= 4 is 100 Å². The number of nitrogens with zero attached hydrogens (tertiary/aromatic N) is 6. The maximum Gasteiger partial charge on any atom is 0.407 e. The largest absolute Gasteiger partial charge is 0.445 e. The Morgan fingerprint density at radius 1 is 0.421 bits per heavy atom. The highest BCUT2D eigenvalue weighted by Gasteiger charge is 2.38. The van der Waals surface area contributed by atoms with E-state index in [2.05, 4.69) is 41.5 Å². The van der Waals surface area contributed by atoms with E-state index in [0.717, 1.165) is 77.0 Å². The molecule has 0 spiro atoms. The van der Waals surface area contributed by atoms with Gasteiger partial charge in [-0.1, -0.05) is 68.9 Å². The molecule has 3 aromatic heterocycles. The number of halogens is 3. The predicted molar refractivity (Wildman–Crippen MR) is 453 cm³/mol. The van der Waals surface area contributed by atoms with Gasteiger partial charge in [-0.3, -0.25) is 32.9 Å². The molecule has 3 aliphatic heterocycles. The molecular weight excluding hydrogens is 1650 g/mol. The van der Waals surface area contributed by atoms with Crippen LogP contribution >= 0.6 is 34.8 Å². The summed E-state index contributed by atoms with van der Waals surface area (Å²) in [6, 6.07) is 6.26. The molecule has 6 heterocycles. The first kappa shape index (κ1) is 103. The lowest BCUT2D eigenvalue weighted by Gasteiger charge is -2.15. The van der Waals surface area contributed by atoms with E-state index < -0.39 is 78.5 Å². The van der Waals surface area contributed by atoms with Gasteiger partial charge in [0.25, 0.3) is 11.8 Å². The Kier molecular flexibility index (Phi) is 53.1. The molecule has 38 nitrogen and oxygen atoms in total. The first-order valence-corrected chi connectivity index (χ1v) is 42.5. The number of amides is 5. The Hall–Kier alpha value is -8.10. The van der Waals surface area contributed by atoms with Crippen LogP contribution in [-0.2, 0) is 57.0 Å². The highest BCUT2D eigenvalue weighted by Crippen LogP contribution is 2.31. The molecule has 678 valence electrons. The molecule has 3 unspecified atom stereocenters. The Bertz CT molecular complexity index is 3920. The number of aromatic nitrogens is 6. The summed E-state index contributed by atoms with van der Waals surface area (Å²) in [7, 11) is 0. The SMILES string of the molecule is Nc1nc(=O)n([C@H]2CC(O)[C@@H](CO)O2)cc1C=CCNC(=O)CCCC(=O)NCCOCCOCCCCCCCl.Nc1nc(=O)n([C@H]2CC(O)[C@@H](CO)O2)cc1C=CCNC(=O)c1ccc(C(=O)NCCOCCOCCCCCCCl)cc1.Nc1nc(=O)n([C@H]2CC(O)[C@@H](CO)O2)cc1C=CCOC(=O)NCCOCCOCCCCCCCl. The second-order valence-electron chi connectivity index (χ2n) is 27.9. The number of hydrogen-bond donors (Lipinski definition) is 14. The third-order valence-electron chi connectivity index (χ3n) is 18.6. The van der Waals surface area contributed by atoms with Crippen LogP contribution in [0.5, 0.6) is 0 Å². The van der Waals surface area contributed by atoms with Crippen molar-refractivity contribution in [3.8, 4) is 0 Å². The molecule has 9 atom stereocenters. The van der Waals surface area contributed by atoms with Crippen molar-refractivity contribution in [1.29, 1.82) is 0 Å². The predicted octanol–water partition coefficient (Wildman–Crippen LogP) is 3.22. The molecule has 17 N–H and O–H groups in total. The number of anilines is 3. The van der Waals surface area contributed by atoms with Crippen LogP contribution in [0.3, 0.4) is 0 Å². The summed E-state index contributed by atoms with van der Waals surface area (Å²) in [5.74, 6) is 1.17. The number of nitrogens with one attached hydrogen (secondary N) is 5. The second kappa shape index (κ2) is 62.1. The number of nitrogen functional groups attached to an aromatic ring is 3. The fraction of sp³-hybridized carbons (Fsp3) is 0.637. The summed E-state index contributed by atoms with van der Waals surface area (Å²) in [4.78, 5) is 109. The van der Waals surface area contributed by atoms with Crippen molar-refractivity contribution in [3.05, 3.63) is 120 Å². The van der Waals surface area contributed by atoms with Crippen molar-refractivity contribution in [2.75, 3.05) is 173 Å². The number of aliphatic hydroxyl groups is 6. The first-order valence-electron chi connectivity index (χ1n) is 40.9. The Morgan fingerprint density at radius 3 is 1.11 bits per heavy atom. The number of ether oxygens (including phenoxy) is 10. The van der Waals surface area contributed by atoms with E-state index in [0.29, 0.717) is 151 Å². The van der Waals surface area contributed by atoms with Gasteiger partial charge in [0.1, 0.15) is 61.1 Å². The average Bonchev–Trinajstić information content (AvgIpc) is 1.71. The quantitative estimate of drug-likeness (QED) is 0.0223. The summed E-state index contributed by atoms with van der Waals surface area (Å²) in [6.07, 6.45) is 20.1. The fourth-order valence-electron chi connectivity index (χ4n) is 11.9. The van der Waals surface area contributed by atoms with Crippen LogP contribution in [0.4, 0.5) is 22.2 Å². The van der Waals surface area contributed by atoms with E-state index in [-0.39, 0.29) is 113 Å². The van der Waals surface area contributed by atoms with Crippen molar-refractivity contribution < 1.29 is 102 Å². The standard InChI is InChI=1S/C30H42ClN5O8.C27H44ClN5O8.C23H37ClN4O8/c31-11-3-1-2-4-14-42-16-17-43-15-13-34-29(40)22-9-7-21(8-10-22)28(39)33-12-5-6-23-19-36(30(41)35-27(23)32)26-18-24(38)25(20-37)44-26;28-10-3-1-2-4-13-39-15-16-40-14-12-31-24(37)9-5-8-23(36)30-11-6-7-20-18-33(27(38)32-26(20)29)25-17-21(35)22(19-34)41-25;24-7-3-1-2-4-9-33-12-13-34-11-8-26-23(32)35-10-5-6-17-15-28(22(31)27-21(17)25)20-14-18(30)19(16-29)36-20/h5-10,19,24-26,37-38H,1-4,11-18,20H2,(H,33,39)(H,34,40)(H2,32,35,41);6-7,18,21-22,25,34-35H,1-5,8-17,19H2,(H,30,36)(H,31,37)(H2,29,32,38);5-6,15,18-20,29-30H,1-4,7-14,16H2,(H,26,32)(H2,25,27,31)/t24?,25-,26-;21?,22-,25-;18?,19-,20-/m111/s1. The molecule has 3 fully saturated rings. The molecule has 0 aliphatic carbocycles. The van der Waals surface area contributed by atoms with Crippen molar-refractivity contribution in [2.45, 2.75) is 171 Å². The molecule has 1 aromatic carbocycles. The molecule has 0 saturated carbocycles. The van der Waals surface area contributed by atoms with E-state index >= 15 is 0 Å².